The maximum Gasteiger partial charge on any atom is 0.335 e. The molecule has 7 heteroatoms. The molecule has 20 heavy (non-hydrogen) atoms. The van der Waals surface area contributed by atoms with Gasteiger partial charge in [0.2, 0.25) is 0 Å². The van der Waals surface area contributed by atoms with E-state index in [0.717, 1.165) is 14.2 Å². The lowest BCUT2D eigenvalue weighted by Gasteiger charge is -2.35. The molecule has 0 aromatic rings. The van der Waals surface area contributed by atoms with Crippen LogP contribution in [0.2, 0.25) is 0 Å². The molecule has 0 N–H and O–H groups in total. The van der Waals surface area contributed by atoms with E-state index >= 15 is 0 Å². The van der Waals surface area contributed by atoms with Crippen LogP contribution in [0, 0.1) is 11.8 Å². The first-order valence-corrected chi connectivity index (χ1v) is 5.98. The lowest BCUT2D eigenvalue weighted by Crippen LogP contribution is -2.47. The largest absolute Gasteiger partial charge is 0.469 e. The average molecular weight is 284 g/mol. The predicted molar refractivity (Wildman–Crippen MR) is 65.4 cm³/mol. The third-order valence-electron chi connectivity index (χ3n) is 3.04. The molecular formula is C13H16O7. The molecule has 1 aliphatic rings. The van der Waals surface area contributed by atoms with Gasteiger partial charge in [-0.15, -0.1) is 0 Å². The quantitative estimate of drug-likeness (QED) is 0.519. The highest BCUT2D eigenvalue weighted by molar-refractivity contribution is 6.13. The van der Waals surface area contributed by atoms with Crippen LogP contribution in [0.15, 0.2) is 11.1 Å². The Balaban J connectivity index is 3.32. The SMILES string of the molecule is CCOC(=O)C1=C(C(=O)OC)[C@H](C(=O)OC)[C@H]1C(C)=O. The molecule has 0 bridgehead atoms. The van der Waals surface area contributed by atoms with Gasteiger partial charge < -0.3 is 14.2 Å². The summed E-state index contributed by atoms with van der Waals surface area (Å²) in [4.78, 5) is 46.9. The van der Waals surface area contributed by atoms with E-state index in [-0.39, 0.29) is 17.8 Å². The molecule has 0 saturated carbocycles. The number of ketones is 1. The van der Waals surface area contributed by atoms with Gasteiger partial charge in [-0.3, -0.25) is 9.59 Å². The zero-order chi connectivity index (χ0) is 15.4. The number of methoxy groups -OCH3 is 2. The summed E-state index contributed by atoms with van der Waals surface area (Å²) < 4.78 is 13.9. The molecule has 0 aromatic carbocycles. The molecular weight excluding hydrogens is 268 g/mol. The summed E-state index contributed by atoms with van der Waals surface area (Å²) in [5.74, 6) is -4.98. The fourth-order valence-corrected chi connectivity index (χ4v) is 2.18. The monoisotopic (exact) mass is 284 g/mol. The molecule has 0 aliphatic heterocycles. The average Bonchev–Trinajstić information content (AvgIpc) is 2.36. The number of carbonyl (C=O) groups is 4. The van der Waals surface area contributed by atoms with Crippen molar-refractivity contribution in [2.24, 2.45) is 11.8 Å². The van der Waals surface area contributed by atoms with Gasteiger partial charge in [-0.2, -0.15) is 0 Å². The van der Waals surface area contributed by atoms with Crippen LogP contribution in [0.3, 0.4) is 0 Å². The second kappa shape index (κ2) is 6.31. The van der Waals surface area contributed by atoms with Crippen LogP contribution in [0.25, 0.3) is 0 Å². The minimum Gasteiger partial charge on any atom is -0.469 e. The Morgan fingerprint density at radius 3 is 1.90 bits per heavy atom. The fourth-order valence-electron chi connectivity index (χ4n) is 2.18. The van der Waals surface area contributed by atoms with Crippen LogP contribution in [0.1, 0.15) is 13.8 Å². The Bertz CT molecular complexity index is 489. The molecule has 0 heterocycles. The molecule has 0 spiro atoms. The summed E-state index contributed by atoms with van der Waals surface area (Å²) in [6.45, 7) is 2.91. The smallest absolute Gasteiger partial charge is 0.335 e. The molecule has 0 radical (unpaired) electrons. The minimum absolute atomic E-state index is 0.0876. The van der Waals surface area contributed by atoms with Crippen molar-refractivity contribution in [1.29, 1.82) is 0 Å². The van der Waals surface area contributed by atoms with E-state index in [1.54, 1.807) is 6.92 Å². The van der Waals surface area contributed by atoms with Crippen molar-refractivity contribution in [3.05, 3.63) is 11.1 Å². The Hall–Kier alpha value is -2.18. The van der Waals surface area contributed by atoms with Gasteiger partial charge in [0.1, 0.15) is 11.7 Å². The first kappa shape index (κ1) is 15.9. The molecule has 7 nitrogen and oxygen atoms in total. The predicted octanol–water partition coefficient (Wildman–Crippen LogP) is 0.0271. The van der Waals surface area contributed by atoms with Gasteiger partial charge in [0, 0.05) is 0 Å². The maximum atomic E-state index is 11.8. The third-order valence-corrected chi connectivity index (χ3v) is 3.04. The van der Waals surface area contributed by atoms with Crippen LogP contribution in [-0.2, 0) is 33.4 Å². The zero-order valence-electron chi connectivity index (χ0n) is 11.7. The Labute approximate surface area is 115 Å². The highest BCUT2D eigenvalue weighted by Gasteiger charge is 2.54. The lowest BCUT2D eigenvalue weighted by molar-refractivity contribution is -0.154. The first-order valence-electron chi connectivity index (χ1n) is 5.98. The van der Waals surface area contributed by atoms with Crippen molar-refractivity contribution in [3.63, 3.8) is 0 Å². The maximum absolute atomic E-state index is 11.8. The summed E-state index contributed by atoms with van der Waals surface area (Å²) in [5, 5.41) is 0. The van der Waals surface area contributed by atoms with Crippen LogP contribution in [-0.4, -0.2) is 44.5 Å². The van der Waals surface area contributed by atoms with E-state index in [1.807, 2.05) is 0 Å². The second-order valence-electron chi connectivity index (χ2n) is 4.13. The summed E-state index contributed by atoms with van der Waals surface area (Å²) in [6.07, 6.45) is 0. The van der Waals surface area contributed by atoms with Gasteiger partial charge in [-0.25, -0.2) is 9.59 Å². The number of carbonyl (C=O) groups excluding carboxylic acids is 4. The number of rotatable bonds is 5. The lowest BCUT2D eigenvalue weighted by atomic mass is 9.66. The van der Waals surface area contributed by atoms with Gasteiger partial charge in [0.05, 0.1) is 37.9 Å². The first-order chi connectivity index (χ1) is 9.40. The molecule has 0 unspecified atom stereocenters. The standard InChI is InChI=1S/C13H16O7/c1-5-20-13(17)9-7(6(2)14)8(11(15)18-3)10(9)12(16)19-4/h7-8H,5H2,1-4H3/t7-,8-/m1/s1. The van der Waals surface area contributed by atoms with E-state index in [0.29, 0.717) is 0 Å². The number of hydrogen-bond donors (Lipinski definition) is 0. The van der Waals surface area contributed by atoms with Gasteiger partial charge in [0.15, 0.2) is 0 Å². The van der Waals surface area contributed by atoms with E-state index in [4.69, 9.17) is 4.74 Å². The van der Waals surface area contributed by atoms with Crippen molar-refractivity contribution < 1.29 is 33.4 Å². The van der Waals surface area contributed by atoms with E-state index in [2.05, 4.69) is 9.47 Å². The van der Waals surface area contributed by atoms with Crippen LogP contribution in [0.4, 0.5) is 0 Å². The van der Waals surface area contributed by atoms with Crippen molar-refractivity contribution in [3.8, 4) is 0 Å². The molecule has 2 atom stereocenters. The van der Waals surface area contributed by atoms with Crippen molar-refractivity contribution >= 4 is 23.7 Å². The molecule has 0 aromatic heterocycles. The van der Waals surface area contributed by atoms with Crippen LogP contribution < -0.4 is 0 Å². The summed E-state index contributed by atoms with van der Waals surface area (Å²) in [5.41, 5.74) is -0.292. The number of Topliss-reactive ketones (excluding diaryl/α,β-unsaturated/α-hetero) is 1. The fraction of sp³-hybridized carbons (Fsp3) is 0.538. The Morgan fingerprint density at radius 1 is 0.950 bits per heavy atom. The number of esters is 3. The molecule has 1 aliphatic carbocycles. The Morgan fingerprint density at radius 2 is 1.50 bits per heavy atom. The number of ether oxygens (including phenoxy) is 3. The third kappa shape index (κ3) is 2.56. The minimum atomic E-state index is -1.12. The molecule has 110 valence electrons. The summed E-state index contributed by atoms with van der Waals surface area (Å²) >= 11 is 0. The van der Waals surface area contributed by atoms with E-state index < -0.39 is 35.5 Å². The molecule has 0 saturated heterocycles. The molecule has 0 amide bonds. The van der Waals surface area contributed by atoms with E-state index in [9.17, 15) is 19.2 Å². The van der Waals surface area contributed by atoms with Crippen LogP contribution in [0.5, 0.6) is 0 Å². The highest BCUT2D eigenvalue weighted by Crippen LogP contribution is 2.43. The van der Waals surface area contributed by atoms with Crippen molar-refractivity contribution in [2.45, 2.75) is 13.8 Å². The normalized spacial score (nSPS) is 20.8. The Kier molecular flexibility index (Phi) is 5.01. The zero-order valence-corrected chi connectivity index (χ0v) is 11.7. The van der Waals surface area contributed by atoms with Crippen molar-refractivity contribution in [1.82, 2.24) is 0 Å². The van der Waals surface area contributed by atoms with Crippen molar-refractivity contribution in [2.75, 3.05) is 20.8 Å². The summed E-state index contributed by atoms with van der Waals surface area (Å²) in [7, 11) is 2.25. The van der Waals surface area contributed by atoms with Gasteiger partial charge in [-0.1, -0.05) is 0 Å². The second-order valence-corrected chi connectivity index (χ2v) is 4.13. The highest BCUT2D eigenvalue weighted by atomic mass is 16.5. The van der Waals surface area contributed by atoms with E-state index in [1.165, 1.54) is 6.92 Å². The van der Waals surface area contributed by atoms with Gasteiger partial charge in [-0.05, 0) is 13.8 Å². The number of hydrogen-bond acceptors (Lipinski definition) is 7. The van der Waals surface area contributed by atoms with Gasteiger partial charge in [0.25, 0.3) is 0 Å². The van der Waals surface area contributed by atoms with Crippen LogP contribution >= 0.6 is 0 Å². The van der Waals surface area contributed by atoms with Gasteiger partial charge >= 0.3 is 17.9 Å². The molecule has 1 rings (SSSR count). The summed E-state index contributed by atoms with van der Waals surface area (Å²) in [6, 6.07) is 0. The molecule has 0 fully saturated rings. The topological polar surface area (TPSA) is 96.0 Å².